The molecule has 10 nitrogen and oxygen atoms in total. The second kappa shape index (κ2) is 13.5. The van der Waals surface area contributed by atoms with Gasteiger partial charge in [-0.05, 0) is 54.1 Å². The van der Waals surface area contributed by atoms with Crippen molar-refractivity contribution in [3.05, 3.63) is 83.9 Å². The second-order valence-corrected chi connectivity index (χ2v) is 11.7. The Morgan fingerprint density at radius 3 is 2.30 bits per heavy atom. The summed E-state index contributed by atoms with van der Waals surface area (Å²) in [4.78, 5) is 38.9. The molecule has 5 N–H and O–H groups in total. The number of ether oxygens (including phenoxy) is 1. The molecule has 1 saturated heterocycles. The fourth-order valence-corrected chi connectivity index (χ4v) is 5.39. The number of nitrogens with zero attached hydrogens (tertiary/aromatic N) is 2. The van der Waals surface area contributed by atoms with E-state index in [1.54, 1.807) is 68.4 Å². The van der Waals surface area contributed by atoms with E-state index in [2.05, 4.69) is 12.4 Å². The largest absolute Gasteiger partial charge is 0.508 e. The van der Waals surface area contributed by atoms with Gasteiger partial charge in [0, 0.05) is 24.8 Å². The lowest BCUT2D eigenvalue weighted by atomic mass is 10.0. The second-order valence-electron chi connectivity index (χ2n) is 11.7. The fraction of sp³-hybridized carbons (Fsp3) is 0.333. The Balaban J connectivity index is 1.67. The van der Waals surface area contributed by atoms with Gasteiger partial charge < -0.3 is 25.2 Å². The molecular weight excluding hydrogens is 548 g/mol. The highest BCUT2D eigenvalue weighted by Gasteiger charge is 2.39. The molecular formula is C33H40N4O6+2. The van der Waals surface area contributed by atoms with Gasteiger partial charge in [-0.3, -0.25) is 9.59 Å². The number of carbonyl (C=O) groups is 3. The van der Waals surface area contributed by atoms with Gasteiger partial charge in [-0.1, -0.05) is 38.1 Å². The normalized spacial score (nSPS) is 18.5. The molecule has 2 atom stereocenters. The number of amides is 3. The summed E-state index contributed by atoms with van der Waals surface area (Å²) in [5, 5.41) is 22.6. The summed E-state index contributed by atoms with van der Waals surface area (Å²) < 4.78 is 7.40. The van der Waals surface area contributed by atoms with Crippen LogP contribution < -0.4 is 15.8 Å². The maximum absolute atomic E-state index is 14.0. The molecule has 1 aliphatic rings. The number of rotatable bonds is 9. The van der Waals surface area contributed by atoms with Crippen LogP contribution in [0.25, 0.3) is 0 Å². The lowest BCUT2D eigenvalue weighted by Gasteiger charge is -2.38. The Morgan fingerprint density at radius 2 is 1.67 bits per heavy atom. The van der Waals surface area contributed by atoms with Crippen LogP contribution in [-0.4, -0.2) is 69.1 Å². The smallest absolute Gasteiger partial charge is 0.496 e. The monoisotopic (exact) mass is 588 g/mol. The van der Waals surface area contributed by atoms with E-state index >= 15 is 0 Å². The highest BCUT2D eigenvalue weighted by molar-refractivity contribution is 5.94. The number of nitrogens with two attached hydrogens (primary N) is 1. The minimum Gasteiger partial charge on any atom is -0.508 e. The molecule has 43 heavy (non-hydrogen) atoms. The van der Waals surface area contributed by atoms with E-state index in [9.17, 15) is 24.6 Å². The molecule has 3 amide bonds. The molecule has 0 bridgehead atoms. The van der Waals surface area contributed by atoms with E-state index in [1.165, 1.54) is 16.7 Å². The van der Waals surface area contributed by atoms with E-state index in [1.807, 2.05) is 6.07 Å². The average Bonchev–Trinajstić information content (AvgIpc) is 2.94. The molecule has 4 rings (SSSR count). The van der Waals surface area contributed by atoms with Gasteiger partial charge in [0.1, 0.15) is 41.7 Å². The lowest BCUT2D eigenvalue weighted by Crippen LogP contribution is -2.56. The van der Waals surface area contributed by atoms with Crippen molar-refractivity contribution >= 4 is 29.3 Å². The molecule has 0 aliphatic carbocycles. The summed E-state index contributed by atoms with van der Waals surface area (Å²) in [7, 11) is 2.09. The molecule has 1 aliphatic heterocycles. The number of hydrogen-bond donors (Lipinski definition) is 4. The third-order valence-electron chi connectivity index (χ3n) is 7.56. The van der Waals surface area contributed by atoms with Crippen molar-refractivity contribution in [1.82, 2.24) is 0 Å². The van der Waals surface area contributed by atoms with E-state index < -0.39 is 18.0 Å². The van der Waals surface area contributed by atoms with E-state index in [0.29, 0.717) is 35.4 Å². The van der Waals surface area contributed by atoms with Gasteiger partial charge in [0.25, 0.3) is 5.91 Å². The molecule has 226 valence electrons. The number of anilines is 1. The van der Waals surface area contributed by atoms with Gasteiger partial charge in [0.05, 0.1) is 19.5 Å². The topological polar surface area (TPSA) is 142 Å². The fourth-order valence-electron chi connectivity index (χ4n) is 5.39. The van der Waals surface area contributed by atoms with E-state index in [0.717, 1.165) is 29.8 Å². The number of urea groups is 1. The number of carbonyl (C=O) groups excluding carboxylic acids is 3. The molecule has 0 radical (unpaired) electrons. The Bertz CT molecular complexity index is 1500. The Labute approximate surface area is 251 Å². The zero-order valence-corrected chi connectivity index (χ0v) is 24.8. The molecule has 3 aromatic rings. The summed E-state index contributed by atoms with van der Waals surface area (Å²) in [6.07, 6.45) is 1.55. The third kappa shape index (κ3) is 8.42. The number of nitrogens with one attached hydrogen (secondary N) is 1. The Morgan fingerprint density at radius 1 is 0.977 bits per heavy atom. The van der Waals surface area contributed by atoms with Crippen molar-refractivity contribution in [3.8, 4) is 17.2 Å². The van der Waals surface area contributed by atoms with Crippen molar-refractivity contribution < 1.29 is 38.4 Å². The SMILES string of the molecule is CC(C)C(=O)Oc1ccc(NC(=O)/[N+](=C2\CCC[N+](C)(Cc3cccc(O)c3)C2)[C@@H](Cc2ccc(O)cc2)C(N)=O)cc1. The minimum atomic E-state index is -0.988. The first-order valence-electron chi connectivity index (χ1n) is 14.4. The number of benzene rings is 3. The first-order valence-corrected chi connectivity index (χ1v) is 14.4. The number of esters is 1. The molecule has 0 saturated carbocycles. The zero-order valence-electron chi connectivity index (χ0n) is 24.8. The number of phenols is 2. The van der Waals surface area contributed by atoms with Crippen LogP contribution in [0.15, 0.2) is 72.8 Å². The van der Waals surface area contributed by atoms with Gasteiger partial charge >= 0.3 is 12.0 Å². The van der Waals surface area contributed by atoms with Crippen LogP contribution in [0.1, 0.15) is 37.8 Å². The molecule has 3 aromatic carbocycles. The van der Waals surface area contributed by atoms with Crippen molar-refractivity contribution in [2.24, 2.45) is 11.7 Å². The number of piperidine rings is 1. The minimum absolute atomic E-state index is 0.0955. The molecule has 10 heteroatoms. The maximum Gasteiger partial charge on any atom is 0.496 e. The average molecular weight is 589 g/mol. The van der Waals surface area contributed by atoms with E-state index in [4.69, 9.17) is 10.5 Å². The van der Waals surface area contributed by atoms with Crippen LogP contribution in [0.5, 0.6) is 17.2 Å². The number of phenolic OH excluding ortho intramolecular Hbond substituents is 2. The summed E-state index contributed by atoms with van der Waals surface area (Å²) in [5.41, 5.74) is 8.89. The summed E-state index contributed by atoms with van der Waals surface area (Å²) in [6.45, 7) is 5.46. The zero-order chi connectivity index (χ0) is 31.1. The van der Waals surface area contributed by atoms with Crippen molar-refractivity contribution in [2.75, 3.05) is 25.5 Å². The van der Waals surface area contributed by atoms with Gasteiger partial charge in [0.15, 0.2) is 6.04 Å². The predicted octanol–water partition coefficient (Wildman–Crippen LogP) is 4.18. The Kier molecular flexibility index (Phi) is 9.82. The van der Waals surface area contributed by atoms with Gasteiger partial charge in [-0.2, -0.15) is 9.37 Å². The quantitative estimate of drug-likeness (QED) is 0.128. The molecule has 0 spiro atoms. The van der Waals surface area contributed by atoms with Crippen LogP contribution in [0.3, 0.4) is 0 Å². The molecule has 1 fully saturated rings. The standard InChI is InChI=1S/C33H38N4O6/c1-22(2)32(41)43-29-15-11-25(12-16-29)35-33(42)36(30(31(34)40)19-23-9-13-27(38)14-10-23)26-7-5-17-37(3,21-26)20-24-6-4-8-28(39)18-24/h4,6,8-16,18,22,30H,5,7,17,19-21H2,1-3H3,(H3-2,34,35,38,39,40,42)/p+2/b36-26+/t30-,37?/m0/s1. The lowest BCUT2D eigenvalue weighted by molar-refractivity contribution is -0.918. The van der Waals surface area contributed by atoms with Crippen molar-refractivity contribution in [1.29, 1.82) is 0 Å². The number of primary amides is 1. The number of likely N-dealkylation sites (tertiary alicyclic amines) is 1. The highest BCUT2D eigenvalue weighted by atomic mass is 16.5. The van der Waals surface area contributed by atoms with Gasteiger partial charge in [-0.15, -0.1) is 0 Å². The summed E-state index contributed by atoms with van der Waals surface area (Å²) in [6, 6.07) is 18.6. The van der Waals surface area contributed by atoms with Crippen LogP contribution in [0.4, 0.5) is 10.5 Å². The number of quaternary nitrogens is 1. The summed E-state index contributed by atoms with van der Waals surface area (Å²) >= 11 is 0. The first kappa shape index (κ1) is 31.2. The van der Waals surface area contributed by atoms with Crippen LogP contribution in [-0.2, 0) is 22.6 Å². The van der Waals surface area contributed by atoms with Gasteiger partial charge in [-0.25, -0.2) is 5.32 Å². The number of aromatic hydroxyl groups is 2. The highest BCUT2D eigenvalue weighted by Crippen LogP contribution is 2.24. The maximum atomic E-state index is 14.0. The third-order valence-corrected chi connectivity index (χ3v) is 7.56. The van der Waals surface area contributed by atoms with Crippen molar-refractivity contribution in [3.63, 3.8) is 0 Å². The Hall–Kier alpha value is -4.70. The first-order chi connectivity index (χ1) is 20.4. The summed E-state index contributed by atoms with van der Waals surface area (Å²) in [5.74, 6) is -0.646. The van der Waals surface area contributed by atoms with Crippen LogP contribution in [0, 0.1) is 5.92 Å². The molecule has 1 unspecified atom stereocenters. The predicted molar refractivity (Wildman–Crippen MR) is 163 cm³/mol. The molecule has 0 aromatic heterocycles. The van der Waals surface area contributed by atoms with Crippen LogP contribution in [0.2, 0.25) is 0 Å². The van der Waals surface area contributed by atoms with Crippen molar-refractivity contribution in [2.45, 2.75) is 45.7 Å². The van der Waals surface area contributed by atoms with Crippen LogP contribution >= 0.6 is 0 Å². The van der Waals surface area contributed by atoms with Gasteiger partial charge in [0.2, 0.25) is 0 Å². The van der Waals surface area contributed by atoms with E-state index in [-0.39, 0.29) is 29.8 Å². The number of hydrogen-bond acceptors (Lipinski definition) is 6. The molecule has 1 heterocycles.